The van der Waals surface area contributed by atoms with Crippen molar-refractivity contribution < 1.29 is 24.2 Å². The van der Waals surface area contributed by atoms with Gasteiger partial charge < -0.3 is 14.6 Å². The van der Waals surface area contributed by atoms with E-state index in [0.717, 1.165) is 12.5 Å². The number of carbonyl (C=O) groups is 2. The van der Waals surface area contributed by atoms with Crippen LogP contribution >= 0.6 is 0 Å². The van der Waals surface area contributed by atoms with E-state index in [9.17, 15) is 14.7 Å². The maximum atomic E-state index is 12.3. The summed E-state index contributed by atoms with van der Waals surface area (Å²) >= 11 is 0. The quantitative estimate of drug-likeness (QED) is 0.495. The van der Waals surface area contributed by atoms with E-state index in [1.54, 1.807) is 0 Å². The lowest BCUT2D eigenvalue weighted by atomic mass is 9.86. The Morgan fingerprint density at radius 2 is 1.79 bits per heavy atom. The molecule has 0 bridgehead atoms. The molecule has 0 saturated carbocycles. The number of fused-ring (bicyclic) bond motifs is 1. The number of ether oxygens (including phenoxy) is 2. The van der Waals surface area contributed by atoms with Crippen molar-refractivity contribution >= 4 is 22.7 Å². The zero-order valence-electron chi connectivity index (χ0n) is 16.5. The van der Waals surface area contributed by atoms with E-state index >= 15 is 0 Å². The maximum absolute atomic E-state index is 12.3. The number of benzene rings is 2. The van der Waals surface area contributed by atoms with Crippen LogP contribution in [0.4, 0.5) is 0 Å². The van der Waals surface area contributed by atoms with Gasteiger partial charge in [-0.25, -0.2) is 4.79 Å². The molecule has 28 heavy (non-hydrogen) atoms. The summed E-state index contributed by atoms with van der Waals surface area (Å²) in [5.41, 5.74) is 1.21. The van der Waals surface area contributed by atoms with Gasteiger partial charge in [0.1, 0.15) is 19.3 Å². The van der Waals surface area contributed by atoms with Crippen LogP contribution in [-0.2, 0) is 19.1 Å². The Balaban J connectivity index is 1.89. The molecule has 0 aliphatic rings. The van der Waals surface area contributed by atoms with Crippen LogP contribution in [0.2, 0.25) is 0 Å². The zero-order chi connectivity index (χ0) is 20.5. The van der Waals surface area contributed by atoms with E-state index in [2.05, 4.69) is 43.8 Å². The Labute approximate surface area is 166 Å². The Kier molecular flexibility index (Phi) is 8.20. The van der Waals surface area contributed by atoms with Gasteiger partial charge in [0, 0.05) is 6.08 Å². The molecule has 3 atom stereocenters. The van der Waals surface area contributed by atoms with Crippen molar-refractivity contribution in [1.82, 2.24) is 0 Å². The monoisotopic (exact) mass is 384 g/mol. The molecule has 0 aliphatic heterocycles. The van der Waals surface area contributed by atoms with Gasteiger partial charge in [0.25, 0.3) is 0 Å². The fourth-order valence-corrected chi connectivity index (χ4v) is 3.13. The van der Waals surface area contributed by atoms with Crippen LogP contribution in [0.1, 0.15) is 38.2 Å². The highest BCUT2D eigenvalue weighted by Gasteiger charge is 2.22. The van der Waals surface area contributed by atoms with Crippen LogP contribution in [-0.4, -0.2) is 36.4 Å². The molecule has 2 aromatic carbocycles. The minimum absolute atomic E-state index is 0.208. The minimum atomic E-state index is -1.05. The first-order valence-electron chi connectivity index (χ1n) is 9.57. The van der Waals surface area contributed by atoms with Crippen LogP contribution in [0, 0.1) is 5.92 Å². The lowest BCUT2D eigenvalue weighted by molar-refractivity contribution is -0.153. The summed E-state index contributed by atoms with van der Waals surface area (Å²) in [4.78, 5) is 23.3. The summed E-state index contributed by atoms with van der Waals surface area (Å²) in [6, 6.07) is 14.6. The van der Waals surface area contributed by atoms with Crippen LogP contribution in [0.5, 0.6) is 0 Å². The molecule has 1 N–H and O–H groups in total. The number of rotatable bonds is 10. The largest absolute Gasteiger partial charge is 0.463 e. The molecular formula is C23H28O5. The predicted molar refractivity (Wildman–Crippen MR) is 109 cm³/mol. The average molecular weight is 384 g/mol. The molecule has 0 radical (unpaired) electrons. The number of aliphatic hydroxyl groups is 1. The topological polar surface area (TPSA) is 72.8 Å². The third kappa shape index (κ3) is 6.20. The molecule has 0 aliphatic carbocycles. The zero-order valence-corrected chi connectivity index (χ0v) is 16.5. The molecule has 0 spiro atoms. The summed E-state index contributed by atoms with van der Waals surface area (Å²) in [5.74, 6) is -1.06. The van der Waals surface area contributed by atoms with Crippen LogP contribution < -0.4 is 0 Å². The first-order valence-corrected chi connectivity index (χ1v) is 9.57. The third-order valence-corrected chi connectivity index (χ3v) is 4.78. The molecule has 0 heterocycles. The average Bonchev–Trinajstić information content (AvgIpc) is 2.73. The second kappa shape index (κ2) is 10.6. The van der Waals surface area contributed by atoms with Gasteiger partial charge in [0.2, 0.25) is 0 Å². The van der Waals surface area contributed by atoms with Crippen LogP contribution in [0.25, 0.3) is 10.8 Å². The number of hydrogen-bond donors (Lipinski definition) is 1. The van der Waals surface area contributed by atoms with Gasteiger partial charge in [0.15, 0.2) is 0 Å². The first kappa shape index (κ1) is 21.6. The SMILES string of the molecule is C=CC(=O)OCC(O)COC(=O)C(C)CC(CC)c1ccc2ccccc2c1. The predicted octanol–water partition coefficient (Wildman–Crippen LogP) is 3.99. The Hall–Kier alpha value is -2.66. The van der Waals surface area contributed by atoms with Gasteiger partial charge in [-0.15, -0.1) is 0 Å². The van der Waals surface area contributed by atoms with Crippen molar-refractivity contribution in [3.05, 3.63) is 60.7 Å². The molecule has 5 heteroatoms. The molecule has 0 amide bonds. The van der Waals surface area contributed by atoms with E-state index in [4.69, 9.17) is 9.47 Å². The summed E-state index contributed by atoms with van der Waals surface area (Å²) < 4.78 is 9.90. The van der Waals surface area contributed by atoms with Gasteiger partial charge in [-0.05, 0) is 35.1 Å². The van der Waals surface area contributed by atoms with Gasteiger partial charge in [-0.1, -0.05) is 62.9 Å². The van der Waals surface area contributed by atoms with E-state index in [0.29, 0.717) is 6.42 Å². The lowest BCUT2D eigenvalue weighted by Crippen LogP contribution is -2.27. The number of carbonyl (C=O) groups excluding carboxylic acids is 2. The van der Waals surface area contributed by atoms with E-state index in [-0.39, 0.29) is 31.0 Å². The number of esters is 2. The highest BCUT2D eigenvalue weighted by Crippen LogP contribution is 2.30. The van der Waals surface area contributed by atoms with Crippen molar-refractivity contribution in [3.8, 4) is 0 Å². The summed E-state index contributed by atoms with van der Waals surface area (Å²) in [6.07, 6.45) is 1.53. The maximum Gasteiger partial charge on any atom is 0.330 e. The fourth-order valence-electron chi connectivity index (χ4n) is 3.13. The summed E-state index contributed by atoms with van der Waals surface area (Å²) in [7, 11) is 0. The summed E-state index contributed by atoms with van der Waals surface area (Å²) in [5, 5.41) is 12.1. The highest BCUT2D eigenvalue weighted by molar-refractivity contribution is 5.83. The normalized spacial score (nSPS) is 14.1. The standard InChI is InChI=1S/C23H28O5/c1-4-17(20-11-10-18-8-6-7-9-19(18)13-20)12-16(3)23(26)28-15-21(24)14-27-22(25)5-2/h5-11,13,16-17,21,24H,2,4,12,14-15H2,1,3H3. The first-order chi connectivity index (χ1) is 13.4. The van der Waals surface area contributed by atoms with Crippen molar-refractivity contribution in [2.24, 2.45) is 5.92 Å². The Bertz CT molecular complexity index is 813. The van der Waals surface area contributed by atoms with Gasteiger partial charge >= 0.3 is 11.9 Å². The van der Waals surface area contributed by atoms with Crippen LogP contribution in [0.3, 0.4) is 0 Å². The molecule has 2 rings (SSSR count). The second-order valence-electron chi connectivity index (χ2n) is 6.97. The Morgan fingerprint density at radius 3 is 2.46 bits per heavy atom. The molecule has 150 valence electrons. The fraction of sp³-hybridized carbons (Fsp3) is 0.391. The Morgan fingerprint density at radius 1 is 1.11 bits per heavy atom. The van der Waals surface area contributed by atoms with E-state index in [1.807, 2.05) is 19.1 Å². The molecule has 5 nitrogen and oxygen atoms in total. The van der Waals surface area contributed by atoms with Gasteiger partial charge in [-0.3, -0.25) is 4.79 Å². The van der Waals surface area contributed by atoms with E-state index < -0.39 is 12.1 Å². The molecule has 0 fully saturated rings. The van der Waals surface area contributed by atoms with Crippen LogP contribution in [0.15, 0.2) is 55.1 Å². The lowest BCUT2D eigenvalue weighted by Gasteiger charge is -2.20. The minimum Gasteiger partial charge on any atom is -0.463 e. The molecule has 0 aromatic heterocycles. The van der Waals surface area contributed by atoms with Gasteiger partial charge in [-0.2, -0.15) is 0 Å². The highest BCUT2D eigenvalue weighted by atomic mass is 16.6. The van der Waals surface area contributed by atoms with Gasteiger partial charge in [0.05, 0.1) is 5.92 Å². The molecule has 3 unspecified atom stereocenters. The van der Waals surface area contributed by atoms with Crippen molar-refractivity contribution in [2.45, 2.75) is 38.7 Å². The summed E-state index contributed by atoms with van der Waals surface area (Å²) in [6.45, 7) is 6.77. The van der Waals surface area contributed by atoms with Crippen molar-refractivity contribution in [1.29, 1.82) is 0 Å². The molecule has 0 saturated heterocycles. The second-order valence-corrected chi connectivity index (χ2v) is 6.97. The molecule has 2 aromatic rings. The number of hydrogen-bond acceptors (Lipinski definition) is 5. The van der Waals surface area contributed by atoms with Crippen molar-refractivity contribution in [3.63, 3.8) is 0 Å². The number of aliphatic hydroxyl groups excluding tert-OH is 1. The van der Waals surface area contributed by atoms with Crippen molar-refractivity contribution in [2.75, 3.05) is 13.2 Å². The van der Waals surface area contributed by atoms with E-state index in [1.165, 1.54) is 16.3 Å². The molecular weight excluding hydrogens is 356 g/mol. The smallest absolute Gasteiger partial charge is 0.330 e. The third-order valence-electron chi connectivity index (χ3n) is 4.78.